The number of aryl methyl sites for hydroxylation is 1. The lowest BCUT2D eigenvalue weighted by molar-refractivity contribution is -0.137. The van der Waals surface area contributed by atoms with Crippen LogP contribution in [0.25, 0.3) is 0 Å². The highest BCUT2D eigenvalue weighted by Gasteiger charge is 2.33. The molecule has 6 heteroatoms. The van der Waals surface area contributed by atoms with E-state index in [2.05, 4.69) is 5.32 Å². The van der Waals surface area contributed by atoms with E-state index < -0.39 is 5.97 Å². The number of halogens is 2. The average molecular weight is 330 g/mol. The zero-order valence-corrected chi connectivity index (χ0v) is 13.0. The fourth-order valence-electron chi connectivity index (χ4n) is 2.27. The third kappa shape index (κ3) is 5.21. The monoisotopic (exact) mass is 329 g/mol. The highest BCUT2D eigenvalue weighted by molar-refractivity contribution is 6.35. The molecule has 0 spiro atoms. The van der Waals surface area contributed by atoms with Crippen LogP contribution in [-0.4, -0.2) is 23.0 Å². The summed E-state index contributed by atoms with van der Waals surface area (Å²) in [5, 5.41) is 12.8. The lowest BCUT2D eigenvalue weighted by Crippen LogP contribution is -2.38. The maximum Gasteiger partial charge on any atom is 0.305 e. The van der Waals surface area contributed by atoms with Gasteiger partial charge in [-0.15, -0.1) is 0 Å². The Morgan fingerprint density at radius 2 is 2.05 bits per heavy atom. The quantitative estimate of drug-likeness (QED) is 0.806. The van der Waals surface area contributed by atoms with Crippen molar-refractivity contribution < 1.29 is 14.7 Å². The van der Waals surface area contributed by atoms with Gasteiger partial charge in [-0.3, -0.25) is 9.59 Å². The SMILES string of the molecule is O=C(O)CC(NC(=O)CCc1ccc(Cl)cc1Cl)C1CC1. The van der Waals surface area contributed by atoms with Crippen molar-refractivity contribution in [3.8, 4) is 0 Å². The van der Waals surface area contributed by atoms with Crippen LogP contribution < -0.4 is 5.32 Å². The highest BCUT2D eigenvalue weighted by atomic mass is 35.5. The summed E-state index contributed by atoms with van der Waals surface area (Å²) in [6, 6.07) is 4.93. The minimum absolute atomic E-state index is 0.0158. The Labute approximate surface area is 133 Å². The molecule has 1 aliphatic carbocycles. The summed E-state index contributed by atoms with van der Waals surface area (Å²) >= 11 is 11.9. The molecule has 1 aromatic rings. The van der Waals surface area contributed by atoms with Crippen molar-refractivity contribution in [2.45, 2.75) is 38.1 Å². The van der Waals surface area contributed by atoms with Crippen LogP contribution in [0.2, 0.25) is 10.0 Å². The third-order valence-corrected chi connectivity index (χ3v) is 4.16. The second-order valence-electron chi connectivity index (χ2n) is 5.35. The number of carbonyl (C=O) groups is 2. The van der Waals surface area contributed by atoms with Crippen molar-refractivity contribution in [1.82, 2.24) is 5.32 Å². The summed E-state index contributed by atoms with van der Waals surface area (Å²) < 4.78 is 0. The molecule has 2 rings (SSSR count). The van der Waals surface area contributed by atoms with Gasteiger partial charge in [-0.2, -0.15) is 0 Å². The van der Waals surface area contributed by atoms with Crippen LogP contribution in [0.1, 0.15) is 31.2 Å². The van der Waals surface area contributed by atoms with Gasteiger partial charge in [-0.05, 0) is 42.9 Å². The fraction of sp³-hybridized carbons (Fsp3) is 0.467. The molecule has 21 heavy (non-hydrogen) atoms. The molecule has 0 aliphatic heterocycles. The van der Waals surface area contributed by atoms with Crippen molar-refractivity contribution in [2.24, 2.45) is 5.92 Å². The predicted molar refractivity (Wildman–Crippen MR) is 81.7 cm³/mol. The summed E-state index contributed by atoms with van der Waals surface area (Å²) in [7, 11) is 0. The van der Waals surface area contributed by atoms with Gasteiger partial charge in [0.2, 0.25) is 5.91 Å². The summed E-state index contributed by atoms with van der Waals surface area (Å²) in [4.78, 5) is 22.7. The maximum atomic E-state index is 11.9. The largest absolute Gasteiger partial charge is 0.481 e. The van der Waals surface area contributed by atoms with Gasteiger partial charge in [-0.1, -0.05) is 29.3 Å². The van der Waals surface area contributed by atoms with Gasteiger partial charge in [0.1, 0.15) is 0 Å². The van der Waals surface area contributed by atoms with E-state index in [1.807, 2.05) is 0 Å². The molecule has 1 atom stereocenters. The molecule has 1 saturated carbocycles. The molecule has 0 saturated heterocycles. The van der Waals surface area contributed by atoms with Crippen LogP contribution >= 0.6 is 23.2 Å². The van der Waals surface area contributed by atoms with E-state index in [0.29, 0.717) is 22.4 Å². The van der Waals surface area contributed by atoms with Gasteiger partial charge in [0, 0.05) is 22.5 Å². The lowest BCUT2D eigenvalue weighted by Gasteiger charge is -2.16. The van der Waals surface area contributed by atoms with Gasteiger partial charge in [0.15, 0.2) is 0 Å². The fourth-order valence-corrected chi connectivity index (χ4v) is 2.78. The van der Waals surface area contributed by atoms with E-state index in [9.17, 15) is 9.59 Å². The Bertz CT molecular complexity index is 544. The van der Waals surface area contributed by atoms with Gasteiger partial charge < -0.3 is 10.4 Å². The first-order valence-electron chi connectivity index (χ1n) is 6.91. The van der Waals surface area contributed by atoms with Crippen molar-refractivity contribution in [2.75, 3.05) is 0 Å². The number of nitrogens with one attached hydrogen (secondary N) is 1. The molecule has 4 nitrogen and oxygen atoms in total. The van der Waals surface area contributed by atoms with Crippen LogP contribution in [0, 0.1) is 5.92 Å². The van der Waals surface area contributed by atoms with Crippen LogP contribution in [0.4, 0.5) is 0 Å². The standard InChI is InChI=1S/C15H17Cl2NO3/c16-11-5-3-9(12(17)7-11)4-6-14(19)18-13(8-15(20)21)10-1-2-10/h3,5,7,10,13H,1-2,4,6,8H2,(H,18,19)(H,20,21). The Hall–Kier alpha value is -1.26. The van der Waals surface area contributed by atoms with Crippen LogP contribution in [0.5, 0.6) is 0 Å². The molecule has 1 fully saturated rings. The Kier molecular flexibility index (Phi) is 5.48. The topological polar surface area (TPSA) is 66.4 Å². The first-order valence-corrected chi connectivity index (χ1v) is 7.66. The van der Waals surface area contributed by atoms with E-state index in [0.717, 1.165) is 18.4 Å². The first kappa shape index (κ1) is 16.1. The number of carbonyl (C=O) groups excluding carboxylic acids is 1. The second kappa shape index (κ2) is 7.14. The molecule has 1 unspecified atom stereocenters. The van der Waals surface area contributed by atoms with Gasteiger partial charge in [0.05, 0.1) is 6.42 Å². The second-order valence-corrected chi connectivity index (χ2v) is 6.19. The molecule has 114 valence electrons. The minimum atomic E-state index is -0.882. The number of hydrogen-bond acceptors (Lipinski definition) is 2. The molecule has 1 aliphatic rings. The van der Waals surface area contributed by atoms with E-state index >= 15 is 0 Å². The van der Waals surface area contributed by atoms with E-state index in [1.165, 1.54) is 0 Å². The summed E-state index contributed by atoms with van der Waals surface area (Å²) in [5.41, 5.74) is 0.859. The van der Waals surface area contributed by atoms with Crippen LogP contribution in [-0.2, 0) is 16.0 Å². The first-order chi connectivity index (χ1) is 9.95. The molecule has 1 aromatic carbocycles. The van der Waals surface area contributed by atoms with E-state index in [1.54, 1.807) is 18.2 Å². The number of carboxylic acid groups (broad SMARTS) is 1. The Balaban J connectivity index is 1.84. The number of amides is 1. The van der Waals surface area contributed by atoms with E-state index in [4.69, 9.17) is 28.3 Å². The maximum absolute atomic E-state index is 11.9. The summed E-state index contributed by atoms with van der Waals surface area (Å²) in [6.07, 6.45) is 2.75. The smallest absolute Gasteiger partial charge is 0.305 e. The predicted octanol–water partition coefficient (Wildman–Crippen LogP) is 3.30. The van der Waals surface area contributed by atoms with Crippen LogP contribution in [0.3, 0.4) is 0 Å². The number of hydrogen-bond donors (Lipinski definition) is 2. The van der Waals surface area contributed by atoms with Crippen molar-refractivity contribution in [1.29, 1.82) is 0 Å². The Morgan fingerprint density at radius 3 is 2.62 bits per heavy atom. The highest BCUT2D eigenvalue weighted by Crippen LogP contribution is 2.34. The number of carboxylic acids is 1. The lowest BCUT2D eigenvalue weighted by atomic mass is 10.1. The summed E-state index contributed by atoms with van der Waals surface area (Å²) in [5.74, 6) is -0.712. The van der Waals surface area contributed by atoms with Crippen molar-refractivity contribution >= 4 is 35.1 Å². The van der Waals surface area contributed by atoms with Gasteiger partial charge >= 0.3 is 5.97 Å². The number of rotatable bonds is 7. The average Bonchev–Trinajstić information content (AvgIpc) is 3.20. The molecule has 0 radical (unpaired) electrons. The van der Waals surface area contributed by atoms with Gasteiger partial charge in [-0.25, -0.2) is 0 Å². The number of benzene rings is 1. The summed E-state index contributed by atoms with van der Waals surface area (Å²) in [6.45, 7) is 0. The van der Waals surface area contributed by atoms with Gasteiger partial charge in [0.25, 0.3) is 0 Å². The molecule has 0 heterocycles. The van der Waals surface area contributed by atoms with Crippen LogP contribution in [0.15, 0.2) is 18.2 Å². The van der Waals surface area contributed by atoms with Crippen molar-refractivity contribution in [3.63, 3.8) is 0 Å². The molecule has 1 amide bonds. The molecule has 0 aromatic heterocycles. The molecular formula is C15H17Cl2NO3. The molecular weight excluding hydrogens is 313 g/mol. The molecule has 2 N–H and O–H groups in total. The minimum Gasteiger partial charge on any atom is -0.481 e. The normalized spacial score (nSPS) is 15.5. The number of aliphatic carboxylic acids is 1. The molecule has 0 bridgehead atoms. The Morgan fingerprint density at radius 1 is 1.33 bits per heavy atom. The third-order valence-electron chi connectivity index (χ3n) is 3.57. The van der Waals surface area contributed by atoms with E-state index in [-0.39, 0.29) is 24.8 Å². The van der Waals surface area contributed by atoms with Crippen molar-refractivity contribution in [3.05, 3.63) is 33.8 Å². The zero-order chi connectivity index (χ0) is 15.4. The zero-order valence-electron chi connectivity index (χ0n) is 11.4.